The van der Waals surface area contributed by atoms with E-state index in [2.05, 4.69) is 49.8 Å². The molecule has 0 radical (unpaired) electrons. The predicted octanol–water partition coefficient (Wildman–Crippen LogP) is 2.66. The third-order valence-electron chi connectivity index (χ3n) is 4.25. The normalized spacial score (nSPS) is 15.5. The Morgan fingerprint density at radius 3 is 2.60 bits per heavy atom. The maximum absolute atomic E-state index is 5.73. The summed E-state index contributed by atoms with van der Waals surface area (Å²) in [4.78, 5) is 9.18. The second-order valence-electron chi connectivity index (χ2n) is 5.94. The summed E-state index contributed by atoms with van der Waals surface area (Å²) in [6.45, 7) is 6.14. The molecule has 5 nitrogen and oxygen atoms in total. The number of rotatable bonds is 6. The molecule has 1 aliphatic heterocycles. The average Bonchev–Trinajstić information content (AvgIpc) is 3.21. The zero-order valence-corrected chi connectivity index (χ0v) is 15.5. The SMILES string of the molecule is CN=C(NCCOCc1ccccc1)N1CCN(c2cccs2)CC1. The van der Waals surface area contributed by atoms with Crippen molar-refractivity contribution in [2.45, 2.75) is 6.61 Å². The summed E-state index contributed by atoms with van der Waals surface area (Å²) in [7, 11) is 1.85. The van der Waals surface area contributed by atoms with Crippen molar-refractivity contribution < 1.29 is 4.74 Å². The molecule has 1 fully saturated rings. The highest BCUT2D eigenvalue weighted by atomic mass is 32.1. The second-order valence-corrected chi connectivity index (χ2v) is 6.86. The lowest BCUT2D eigenvalue weighted by Crippen LogP contribution is -2.52. The minimum atomic E-state index is 0.653. The topological polar surface area (TPSA) is 40.1 Å². The molecule has 3 rings (SSSR count). The highest BCUT2D eigenvalue weighted by Crippen LogP contribution is 2.22. The number of benzene rings is 1. The van der Waals surface area contributed by atoms with Gasteiger partial charge in [-0.15, -0.1) is 11.3 Å². The summed E-state index contributed by atoms with van der Waals surface area (Å²) in [5, 5.41) is 6.90. The Kier molecular flexibility index (Phi) is 6.71. The minimum Gasteiger partial charge on any atom is -0.375 e. The fourth-order valence-corrected chi connectivity index (χ4v) is 3.71. The summed E-state index contributed by atoms with van der Waals surface area (Å²) < 4.78 is 5.73. The predicted molar refractivity (Wildman–Crippen MR) is 106 cm³/mol. The van der Waals surface area contributed by atoms with Gasteiger partial charge in [-0.1, -0.05) is 30.3 Å². The molecule has 2 heterocycles. The largest absolute Gasteiger partial charge is 0.375 e. The summed E-state index contributed by atoms with van der Waals surface area (Å²) in [6, 6.07) is 14.6. The number of thiophene rings is 1. The first kappa shape index (κ1) is 17.8. The quantitative estimate of drug-likeness (QED) is 0.490. The van der Waals surface area contributed by atoms with Crippen molar-refractivity contribution in [1.29, 1.82) is 0 Å². The molecule has 0 saturated carbocycles. The van der Waals surface area contributed by atoms with E-state index < -0.39 is 0 Å². The number of hydrogen-bond acceptors (Lipinski definition) is 4. The van der Waals surface area contributed by atoms with Crippen LogP contribution in [0.15, 0.2) is 52.8 Å². The molecule has 2 aromatic rings. The monoisotopic (exact) mass is 358 g/mol. The molecular weight excluding hydrogens is 332 g/mol. The van der Waals surface area contributed by atoms with E-state index >= 15 is 0 Å². The van der Waals surface area contributed by atoms with Crippen LogP contribution in [-0.4, -0.2) is 57.2 Å². The molecule has 0 unspecified atom stereocenters. The van der Waals surface area contributed by atoms with Crippen LogP contribution < -0.4 is 10.2 Å². The van der Waals surface area contributed by atoms with Gasteiger partial charge in [-0.05, 0) is 23.1 Å². The third-order valence-corrected chi connectivity index (χ3v) is 5.18. The Hall–Kier alpha value is -2.05. The molecule has 0 amide bonds. The summed E-state index contributed by atoms with van der Waals surface area (Å²) in [5.74, 6) is 0.967. The number of guanidine groups is 1. The van der Waals surface area contributed by atoms with Crippen LogP contribution in [0.3, 0.4) is 0 Å². The van der Waals surface area contributed by atoms with Crippen LogP contribution in [0.1, 0.15) is 5.56 Å². The fraction of sp³-hybridized carbons (Fsp3) is 0.421. The van der Waals surface area contributed by atoms with Gasteiger partial charge in [-0.3, -0.25) is 4.99 Å². The van der Waals surface area contributed by atoms with Crippen molar-refractivity contribution in [3.63, 3.8) is 0 Å². The van der Waals surface area contributed by atoms with Crippen LogP contribution in [0.5, 0.6) is 0 Å². The zero-order valence-electron chi connectivity index (χ0n) is 14.7. The number of nitrogens with zero attached hydrogens (tertiary/aromatic N) is 3. The van der Waals surface area contributed by atoms with E-state index in [0.29, 0.717) is 13.2 Å². The van der Waals surface area contributed by atoms with Gasteiger partial charge in [-0.2, -0.15) is 0 Å². The number of anilines is 1. The van der Waals surface area contributed by atoms with Crippen LogP contribution in [0.2, 0.25) is 0 Å². The molecule has 1 aromatic carbocycles. The molecule has 1 N–H and O–H groups in total. The highest BCUT2D eigenvalue weighted by Gasteiger charge is 2.19. The van der Waals surface area contributed by atoms with E-state index in [0.717, 1.165) is 38.7 Å². The van der Waals surface area contributed by atoms with Crippen LogP contribution in [-0.2, 0) is 11.3 Å². The van der Waals surface area contributed by atoms with Gasteiger partial charge >= 0.3 is 0 Å². The lowest BCUT2D eigenvalue weighted by molar-refractivity contribution is 0.125. The number of hydrogen-bond donors (Lipinski definition) is 1. The minimum absolute atomic E-state index is 0.653. The molecule has 0 spiro atoms. The van der Waals surface area contributed by atoms with Gasteiger partial charge in [0.15, 0.2) is 5.96 Å². The molecule has 1 aromatic heterocycles. The van der Waals surface area contributed by atoms with E-state index in [1.165, 1.54) is 10.6 Å². The third kappa shape index (κ3) is 5.21. The van der Waals surface area contributed by atoms with E-state index in [4.69, 9.17) is 4.74 Å². The van der Waals surface area contributed by atoms with Gasteiger partial charge < -0.3 is 19.9 Å². The zero-order chi connectivity index (χ0) is 17.3. The Balaban J connectivity index is 1.35. The summed E-state index contributed by atoms with van der Waals surface area (Å²) in [5.41, 5.74) is 1.21. The van der Waals surface area contributed by atoms with Gasteiger partial charge in [0.2, 0.25) is 0 Å². The number of aliphatic imine (C=N–C) groups is 1. The molecule has 1 saturated heterocycles. The Labute approximate surface area is 153 Å². The van der Waals surface area contributed by atoms with E-state index in [1.54, 1.807) is 0 Å². The molecule has 1 aliphatic rings. The van der Waals surface area contributed by atoms with Gasteiger partial charge in [0.05, 0.1) is 18.2 Å². The Bertz CT molecular complexity index is 637. The van der Waals surface area contributed by atoms with Crippen molar-refractivity contribution in [1.82, 2.24) is 10.2 Å². The van der Waals surface area contributed by atoms with Crippen LogP contribution in [0.25, 0.3) is 0 Å². The van der Waals surface area contributed by atoms with Crippen molar-refractivity contribution in [3.05, 3.63) is 53.4 Å². The molecular formula is C19H26N4OS. The van der Waals surface area contributed by atoms with E-state index in [-0.39, 0.29) is 0 Å². The lowest BCUT2D eigenvalue weighted by Gasteiger charge is -2.37. The molecule has 0 bridgehead atoms. The first-order chi connectivity index (χ1) is 12.4. The maximum atomic E-state index is 5.73. The smallest absolute Gasteiger partial charge is 0.193 e. The van der Waals surface area contributed by atoms with E-state index in [1.807, 2.05) is 36.6 Å². The Morgan fingerprint density at radius 2 is 1.92 bits per heavy atom. The van der Waals surface area contributed by atoms with Crippen molar-refractivity contribution >= 4 is 22.3 Å². The number of nitrogens with one attached hydrogen (secondary N) is 1. The lowest BCUT2D eigenvalue weighted by atomic mass is 10.2. The Morgan fingerprint density at radius 1 is 1.12 bits per heavy atom. The van der Waals surface area contributed by atoms with E-state index in [9.17, 15) is 0 Å². The highest BCUT2D eigenvalue weighted by molar-refractivity contribution is 7.14. The average molecular weight is 359 g/mol. The van der Waals surface area contributed by atoms with Crippen LogP contribution in [0.4, 0.5) is 5.00 Å². The first-order valence-corrected chi connectivity index (χ1v) is 9.60. The maximum Gasteiger partial charge on any atom is 0.193 e. The molecule has 0 atom stereocenters. The molecule has 134 valence electrons. The van der Waals surface area contributed by atoms with Gasteiger partial charge in [0.25, 0.3) is 0 Å². The first-order valence-electron chi connectivity index (χ1n) is 8.72. The number of piperazine rings is 1. The van der Waals surface area contributed by atoms with Crippen LogP contribution in [0, 0.1) is 0 Å². The fourth-order valence-electron chi connectivity index (χ4n) is 2.92. The van der Waals surface area contributed by atoms with Gasteiger partial charge in [0, 0.05) is 39.8 Å². The van der Waals surface area contributed by atoms with Crippen LogP contribution >= 0.6 is 11.3 Å². The molecule has 0 aliphatic carbocycles. The second kappa shape index (κ2) is 9.44. The van der Waals surface area contributed by atoms with Crippen molar-refractivity contribution in [3.8, 4) is 0 Å². The molecule has 6 heteroatoms. The van der Waals surface area contributed by atoms with Gasteiger partial charge in [0.1, 0.15) is 0 Å². The van der Waals surface area contributed by atoms with Crippen molar-refractivity contribution in [2.75, 3.05) is 51.3 Å². The number of ether oxygens (including phenoxy) is 1. The summed E-state index contributed by atoms with van der Waals surface area (Å²) >= 11 is 1.81. The van der Waals surface area contributed by atoms with Gasteiger partial charge in [-0.25, -0.2) is 0 Å². The standard InChI is InChI=1S/C19H26N4OS/c1-20-19(21-9-14-24-16-17-6-3-2-4-7-17)23-12-10-22(11-13-23)18-8-5-15-25-18/h2-8,15H,9-14,16H2,1H3,(H,20,21). The van der Waals surface area contributed by atoms with Crippen molar-refractivity contribution in [2.24, 2.45) is 4.99 Å². The summed E-state index contributed by atoms with van der Waals surface area (Å²) in [6.07, 6.45) is 0. The molecule has 25 heavy (non-hydrogen) atoms.